The molecule has 2 nitrogen and oxygen atoms in total. The zero-order valence-electron chi connectivity index (χ0n) is 13.8. The van der Waals surface area contributed by atoms with Gasteiger partial charge in [0.2, 0.25) is 0 Å². The van der Waals surface area contributed by atoms with Crippen LogP contribution in [-0.2, 0) is 4.74 Å². The molecule has 0 aromatic heterocycles. The summed E-state index contributed by atoms with van der Waals surface area (Å²) in [6, 6.07) is 9.61. The monoisotopic (exact) mass is 288 g/mol. The fourth-order valence-corrected chi connectivity index (χ4v) is 1.21. The van der Waals surface area contributed by atoms with Crippen LogP contribution < -0.4 is 4.74 Å². The Morgan fingerprint density at radius 2 is 1.71 bits per heavy atom. The molecule has 0 saturated heterocycles. The number of allylic oxidation sites excluding steroid dienone is 2. The molecule has 0 aliphatic rings. The fourth-order valence-electron chi connectivity index (χ4n) is 1.21. The van der Waals surface area contributed by atoms with E-state index in [1.165, 1.54) is 0 Å². The van der Waals surface area contributed by atoms with E-state index in [4.69, 9.17) is 9.47 Å². The molecule has 0 spiro atoms. The van der Waals surface area contributed by atoms with E-state index in [0.29, 0.717) is 6.61 Å². The molecule has 1 aromatic carbocycles. The van der Waals surface area contributed by atoms with Gasteiger partial charge in [0.1, 0.15) is 24.4 Å². The molecule has 21 heavy (non-hydrogen) atoms. The second kappa shape index (κ2) is 15.8. The molecule has 0 fully saturated rings. The van der Waals surface area contributed by atoms with E-state index in [0.717, 1.165) is 17.1 Å². The Hall–Kier alpha value is -2.22. The van der Waals surface area contributed by atoms with Crippen LogP contribution in [0.25, 0.3) is 0 Å². The first-order valence-corrected chi connectivity index (χ1v) is 7.05. The molecule has 116 valence electrons. The van der Waals surface area contributed by atoms with Crippen molar-refractivity contribution >= 4 is 0 Å². The van der Waals surface area contributed by atoms with Crippen molar-refractivity contribution in [1.82, 2.24) is 0 Å². The molecule has 0 bridgehead atoms. The average Bonchev–Trinajstić information content (AvgIpc) is 2.56. The van der Waals surface area contributed by atoms with E-state index in [1.54, 1.807) is 12.3 Å². The van der Waals surface area contributed by atoms with Gasteiger partial charge in [0.15, 0.2) is 0 Å². The Morgan fingerprint density at radius 3 is 2.19 bits per heavy atom. The van der Waals surface area contributed by atoms with E-state index >= 15 is 0 Å². The molecule has 0 N–H and O–H groups in total. The van der Waals surface area contributed by atoms with E-state index < -0.39 is 0 Å². The van der Waals surface area contributed by atoms with Crippen LogP contribution in [0, 0.1) is 0 Å². The Kier molecular flexibility index (Phi) is 15.9. The summed E-state index contributed by atoms with van der Waals surface area (Å²) in [6.45, 7) is 18.0. The number of para-hydroxylation sites is 1. The highest BCUT2D eigenvalue weighted by Gasteiger charge is 1.94. The average molecular weight is 288 g/mol. The smallest absolute Gasteiger partial charge is 0.135 e. The van der Waals surface area contributed by atoms with Gasteiger partial charge in [-0.15, -0.1) is 13.2 Å². The molecule has 0 saturated carbocycles. The lowest BCUT2D eigenvalue weighted by Crippen LogP contribution is -1.95. The molecule has 2 heteroatoms. The summed E-state index contributed by atoms with van der Waals surface area (Å²) in [4.78, 5) is 0. The SMILES string of the molecule is C=C.C=C/C(=C\C)CO/C=C(\C)Oc1ccccc1.CC. The van der Waals surface area contributed by atoms with Gasteiger partial charge in [0.25, 0.3) is 0 Å². The standard InChI is InChI=1S/C15H18O2.C2H6.C2H4/c1-4-14(5-2)12-16-11-13(3)17-15-9-7-6-8-10-15;2*1-2/h4-11H,1,12H2,2-3H3;1-2H3;1-2H2/b13-11+,14-5+;;. The second-order valence-corrected chi connectivity index (χ2v) is 3.52. The largest absolute Gasteiger partial charge is 0.493 e. The molecule has 1 aromatic rings. The zero-order valence-corrected chi connectivity index (χ0v) is 13.8. The molecule has 0 radical (unpaired) electrons. The van der Waals surface area contributed by atoms with Crippen molar-refractivity contribution < 1.29 is 9.47 Å². The summed E-state index contributed by atoms with van der Waals surface area (Å²) >= 11 is 0. The van der Waals surface area contributed by atoms with Gasteiger partial charge < -0.3 is 9.47 Å². The Balaban J connectivity index is 0. The minimum Gasteiger partial charge on any atom is -0.493 e. The number of ether oxygens (including phenoxy) is 2. The number of hydrogen-bond donors (Lipinski definition) is 0. The van der Waals surface area contributed by atoms with Crippen molar-refractivity contribution in [2.45, 2.75) is 27.7 Å². The molecular weight excluding hydrogens is 260 g/mol. The van der Waals surface area contributed by atoms with Gasteiger partial charge in [-0.3, -0.25) is 0 Å². The van der Waals surface area contributed by atoms with Gasteiger partial charge in [0.05, 0.1) is 0 Å². The van der Waals surface area contributed by atoms with Crippen molar-refractivity contribution in [3.05, 3.63) is 79.8 Å². The highest BCUT2D eigenvalue weighted by atomic mass is 16.5. The van der Waals surface area contributed by atoms with Gasteiger partial charge in [-0.05, 0) is 31.6 Å². The van der Waals surface area contributed by atoms with Crippen molar-refractivity contribution in [3.8, 4) is 5.75 Å². The Labute approximate surface area is 130 Å². The highest BCUT2D eigenvalue weighted by Crippen LogP contribution is 2.12. The lowest BCUT2D eigenvalue weighted by atomic mass is 10.3. The summed E-state index contributed by atoms with van der Waals surface area (Å²) in [6.07, 6.45) is 5.36. The van der Waals surface area contributed by atoms with Crippen molar-refractivity contribution in [3.63, 3.8) is 0 Å². The maximum absolute atomic E-state index is 5.55. The molecule has 0 atom stereocenters. The van der Waals surface area contributed by atoms with Crippen molar-refractivity contribution in [2.75, 3.05) is 6.61 Å². The van der Waals surface area contributed by atoms with Crippen LogP contribution in [0.4, 0.5) is 0 Å². The van der Waals surface area contributed by atoms with Crippen LogP contribution in [0.2, 0.25) is 0 Å². The lowest BCUT2D eigenvalue weighted by molar-refractivity contribution is 0.261. The molecule has 0 aliphatic heterocycles. The third-order valence-electron chi connectivity index (χ3n) is 2.15. The first-order valence-electron chi connectivity index (χ1n) is 7.05. The van der Waals surface area contributed by atoms with Gasteiger partial charge in [-0.25, -0.2) is 0 Å². The predicted molar refractivity (Wildman–Crippen MR) is 93.3 cm³/mol. The van der Waals surface area contributed by atoms with Crippen molar-refractivity contribution in [2.24, 2.45) is 0 Å². The molecule has 0 unspecified atom stereocenters. The topological polar surface area (TPSA) is 18.5 Å². The zero-order chi connectivity index (χ0) is 16.5. The van der Waals surface area contributed by atoms with Gasteiger partial charge in [-0.1, -0.05) is 50.8 Å². The quantitative estimate of drug-likeness (QED) is 0.368. The van der Waals surface area contributed by atoms with E-state index in [-0.39, 0.29) is 0 Å². The van der Waals surface area contributed by atoms with Crippen LogP contribution in [-0.4, -0.2) is 6.61 Å². The van der Waals surface area contributed by atoms with Gasteiger partial charge >= 0.3 is 0 Å². The van der Waals surface area contributed by atoms with Crippen LogP contribution in [0.15, 0.2) is 79.8 Å². The fraction of sp³-hybridized carbons (Fsp3) is 0.263. The minimum absolute atomic E-state index is 0.509. The molecule has 1 rings (SSSR count). The molecule has 0 amide bonds. The molecule has 0 aliphatic carbocycles. The summed E-state index contributed by atoms with van der Waals surface area (Å²) in [5, 5.41) is 0. The van der Waals surface area contributed by atoms with E-state index in [1.807, 2.05) is 64.1 Å². The summed E-state index contributed by atoms with van der Waals surface area (Å²) in [5.41, 5.74) is 1.05. The normalized spacial score (nSPS) is 10.3. The van der Waals surface area contributed by atoms with E-state index in [9.17, 15) is 0 Å². The minimum atomic E-state index is 0.509. The van der Waals surface area contributed by atoms with Gasteiger partial charge in [0, 0.05) is 0 Å². The summed E-state index contributed by atoms with van der Waals surface area (Å²) in [7, 11) is 0. The van der Waals surface area contributed by atoms with Crippen LogP contribution in [0.3, 0.4) is 0 Å². The first-order chi connectivity index (χ1) is 10.3. The van der Waals surface area contributed by atoms with Crippen LogP contribution >= 0.6 is 0 Å². The second-order valence-electron chi connectivity index (χ2n) is 3.52. The summed E-state index contributed by atoms with van der Waals surface area (Å²) < 4.78 is 10.9. The lowest BCUT2D eigenvalue weighted by Gasteiger charge is -2.06. The van der Waals surface area contributed by atoms with Crippen LogP contribution in [0.5, 0.6) is 5.75 Å². The number of benzene rings is 1. The first kappa shape index (κ1) is 21.1. The Morgan fingerprint density at radius 1 is 1.14 bits per heavy atom. The van der Waals surface area contributed by atoms with Crippen LogP contribution in [0.1, 0.15) is 27.7 Å². The maximum Gasteiger partial charge on any atom is 0.135 e. The van der Waals surface area contributed by atoms with Gasteiger partial charge in [-0.2, -0.15) is 0 Å². The predicted octanol–water partition coefficient (Wildman–Crippen LogP) is 5.90. The number of hydrogen-bond acceptors (Lipinski definition) is 2. The highest BCUT2D eigenvalue weighted by molar-refractivity contribution is 5.23. The molecular formula is C19H28O2. The maximum atomic E-state index is 5.55. The third kappa shape index (κ3) is 11.3. The van der Waals surface area contributed by atoms with E-state index in [2.05, 4.69) is 19.7 Å². The number of rotatable bonds is 6. The van der Waals surface area contributed by atoms with Crippen molar-refractivity contribution in [1.29, 1.82) is 0 Å². The third-order valence-corrected chi connectivity index (χ3v) is 2.15. The molecule has 0 heterocycles. The summed E-state index contributed by atoms with van der Waals surface area (Å²) in [5.74, 6) is 1.52. The Bertz CT molecular complexity index is 416.